The molecule has 0 bridgehead atoms. The topological polar surface area (TPSA) is 51.8 Å². The van der Waals surface area contributed by atoms with Gasteiger partial charge in [-0.05, 0) is 30.0 Å². The van der Waals surface area contributed by atoms with E-state index < -0.39 is 0 Å². The number of anilines is 1. The van der Waals surface area contributed by atoms with Gasteiger partial charge in [-0.1, -0.05) is 18.7 Å². The maximum atomic E-state index is 5.94. The summed E-state index contributed by atoms with van der Waals surface area (Å²) in [6.45, 7) is 2.18. The van der Waals surface area contributed by atoms with Crippen LogP contribution < -0.4 is 5.73 Å². The van der Waals surface area contributed by atoms with Crippen molar-refractivity contribution in [1.29, 1.82) is 0 Å². The third kappa shape index (κ3) is 2.75. The van der Waals surface area contributed by atoms with Crippen molar-refractivity contribution in [3.63, 3.8) is 0 Å². The molecule has 0 atom stereocenters. The molecule has 0 aliphatic rings. The van der Waals surface area contributed by atoms with Gasteiger partial charge in [0, 0.05) is 15.5 Å². The molecule has 0 radical (unpaired) electrons. The molecule has 3 nitrogen and oxygen atoms in total. The van der Waals surface area contributed by atoms with Crippen LogP contribution in [0.2, 0.25) is 0 Å². The van der Waals surface area contributed by atoms with E-state index >= 15 is 0 Å². The Bertz CT molecular complexity index is 702. The van der Waals surface area contributed by atoms with Crippen molar-refractivity contribution in [2.75, 3.05) is 5.73 Å². The van der Waals surface area contributed by atoms with Crippen molar-refractivity contribution >= 4 is 50.5 Å². The number of nitrogens with zero attached hydrogens (tertiary/aromatic N) is 2. The lowest BCUT2D eigenvalue weighted by atomic mass is 10.4. The minimum Gasteiger partial charge on any atom is -0.383 e. The first kappa shape index (κ1) is 12.9. The second-order valence-corrected chi connectivity index (χ2v) is 7.13. The van der Waals surface area contributed by atoms with Gasteiger partial charge in [0.15, 0.2) is 5.16 Å². The zero-order valence-corrected chi connectivity index (χ0v) is 12.9. The summed E-state index contributed by atoms with van der Waals surface area (Å²) in [4.78, 5) is 12.6. The van der Waals surface area contributed by atoms with Crippen molar-refractivity contribution in [3.05, 3.63) is 33.3 Å². The minimum atomic E-state index is 0.578. The van der Waals surface area contributed by atoms with Gasteiger partial charge >= 0.3 is 0 Å². The molecule has 0 unspecified atom stereocenters. The summed E-state index contributed by atoms with van der Waals surface area (Å²) >= 11 is 5.10. The first-order valence-electron chi connectivity index (χ1n) is 5.97. The molecule has 0 saturated heterocycles. The molecule has 0 spiro atoms. The van der Waals surface area contributed by atoms with Crippen LogP contribution in [-0.4, -0.2) is 9.97 Å². The molecule has 3 heterocycles. The quantitative estimate of drug-likeness (QED) is 0.580. The van der Waals surface area contributed by atoms with Crippen LogP contribution in [0.5, 0.6) is 0 Å². The van der Waals surface area contributed by atoms with E-state index in [9.17, 15) is 0 Å². The third-order valence-electron chi connectivity index (χ3n) is 2.74. The van der Waals surface area contributed by atoms with Crippen molar-refractivity contribution < 1.29 is 0 Å². The van der Waals surface area contributed by atoms with Gasteiger partial charge in [-0.2, -0.15) is 0 Å². The molecule has 0 amide bonds. The van der Waals surface area contributed by atoms with Crippen molar-refractivity contribution in [2.24, 2.45) is 0 Å². The maximum absolute atomic E-state index is 5.94. The van der Waals surface area contributed by atoms with Crippen LogP contribution in [-0.2, 0) is 12.2 Å². The molecule has 98 valence electrons. The average molecular weight is 307 g/mol. The van der Waals surface area contributed by atoms with E-state index in [2.05, 4.69) is 29.0 Å². The van der Waals surface area contributed by atoms with Gasteiger partial charge in [0.05, 0.1) is 5.39 Å². The summed E-state index contributed by atoms with van der Waals surface area (Å²) in [6, 6.07) is 6.35. The van der Waals surface area contributed by atoms with E-state index in [1.165, 1.54) is 9.75 Å². The second kappa shape index (κ2) is 5.48. The number of hydrogen-bond acceptors (Lipinski definition) is 6. The molecule has 0 aromatic carbocycles. The van der Waals surface area contributed by atoms with Gasteiger partial charge in [-0.25, -0.2) is 9.97 Å². The Morgan fingerprint density at radius 2 is 2.05 bits per heavy atom. The Morgan fingerprint density at radius 3 is 2.84 bits per heavy atom. The third-order valence-corrected chi connectivity index (χ3v) is 5.86. The summed E-state index contributed by atoms with van der Waals surface area (Å²) in [7, 11) is 0. The van der Waals surface area contributed by atoms with Gasteiger partial charge in [0.1, 0.15) is 10.6 Å². The smallest absolute Gasteiger partial charge is 0.191 e. The normalized spacial score (nSPS) is 11.2. The fourth-order valence-electron chi connectivity index (χ4n) is 1.75. The average Bonchev–Trinajstić information content (AvgIpc) is 3.05. The fraction of sp³-hybridized carbons (Fsp3) is 0.231. The summed E-state index contributed by atoms with van der Waals surface area (Å²) in [6.07, 6.45) is 1.10. The lowest BCUT2D eigenvalue weighted by Crippen LogP contribution is -1.94. The zero-order chi connectivity index (χ0) is 13.2. The van der Waals surface area contributed by atoms with Gasteiger partial charge in [-0.3, -0.25) is 0 Å². The Kier molecular flexibility index (Phi) is 3.72. The largest absolute Gasteiger partial charge is 0.383 e. The lowest BCUT2D eigenvalue weighted by Gasteiger charge is -2.01. The monoisotopic (exact) mass is 307 g/mol. The highest BCUT2D eigenvalue weighted by Gasteiger charge is 2.07. The Balaban J connectivity index is 1.77. The van der Waals surface area contributed by atoms with Crippen molar-refractivity contribution in [3.8, 4) is 0 Å². The highest BCUT2D eigenvalue weighted by Crippen LogP contribution is 2.29. The summed E-state index contributed by atoms with van der Waals surface area (Å²) in [5.41, 5.74) is 5.94. The molecule has 6 heteroatoms. The number of thiophene rings is 2. The van der Waals surface area contributed by atoms with Crippen LogP contribution in [0.1, 0.15) is 16.7 Å². The van der Waals surface area contributed by atoms with Crippen LogP contribution in [0.3, 0.4) is 0 Å². The molecule has 0 aliphatic heterocycles. The molecular formula is C13H13N3S3. The van der Waals surface area contributed by atoms with Crippen LogP contribution in [0, 0.1) is 0 Å². The van der Waals surface area contributed by atoms with E-state index in [-0.39, 0.29) is 0 Å². The predicted octanol–water partition coefficient (Wildman–Crippen LogP) is 4.19. The fourth-order valence-corrected chi connectivity index (χ4v) is 4.43. The molecule has 0 fully saturated rings. The van der Waals surface area contributed by atoms with Crippen molar-refractivity contribution in [1.82, 2.24) is 9.97 Å². The Hall–Kier alpha value is -1.11. The van der Waals surface area contributed by atoms with E-state index in [0.29, 0.717) is 5.82 Å². The SMILES string of the molecule is CCc1ccc(CSc2nc(N)c3ccsc3n2)s1. The summed E-state index contributed by atoms with van der Waals surface area (Å²) < 4.78 is 0. The number of rotatable bonds is 4. The minimum absolute atomic E-state index is 0.578. The molecule has 3 rings (SSSR count). The number of hydrogen-bond donors (Lipinski definition) is 1. The molecule has 0 saturated carbocycles. The van der Waals surface area contributed by atoms with E-state index in [4.69, 9.17) is 5.73 Å². The molecule has 3 aromatic heterocycles. The highest BCUT2D eigenvalue weighted by molar-refractivity contribution is 7.98. The first-order valence-corrected chi connectivity index (χ1v) is 8.65. The summed E-state index contributed by atoms with van der Waals surface area (Å²) in [5.74, 6) is 1.48. The molecule has 0 aliphatic carbocycles. The number of nitrogens with two attached hydrogens (primary N) is 1. The lowest BCUT2D eigenvalue weighted by molar-refractivity contribution is 1.02. The highest BCUT2D eigenvalue weighted by atomic mass is 32.2. The molecule has 2 N–H and O–H groups in total. The standard InChI is InChI=1S/C13H13N3S3/c1-2-8-3-4-9(19-8)7-18-13-15-11(14)10-5-6-17-12(10)16-13/h3-6H,2,7H2,1H3,(H2,14,15,16). The van der Waals surface area contributed by atoms with Crippen LogP contribution in [0.25, 0.3) is 10.2 Å². The zero-order valence-electron chi connectivity index (χ0n) is 10.4. The van der Waals surface area contributed by atoms with Crippen molar-refractivity contribution in [2.45, 2.75) is 24.3 Å². The Morgan fingerprint density at radius 1 is 1.21 bits per heavy atom. The number of aromatic nitrogens is 2. The van der Waals surface area contributed by atoms with Gasteiger partial charge in [0.2, 0.25) is 0 Å². The molecule has 19 heavy (non-hydrogen) atoms. The van der Waals surface area contributed by atoms with Crippen LogP contribution >= 0.6 is 34.4 Å². The second-order valence-electron chi connectivity index (χ2n) is 4.04. The Labute approximate surface area is 123 Å². The summed E-state index contributed by atoms with van der Waals surface area (Å²) in [5, 5.41) is 3.72. The first-order chi connectivity index (χ1) is 9.26. The van der Waals surface area contributed by atoms with E-state index in [0.717, 1.165) is 27.5 Å². The maximum Gasteiger partial charge on any atom is 0.191 e. The van der Waals surface area contributed by atoms with Crippen LogP contribution in [0.4, 0.5) is 5.82 Å². The van der Waals surface area contributed by atoms with E-state index in [1.807, 2.05) is 22.8 Å². The van der Waals surface area contributed by atoms with E-state index in [1.54, 1.807) is 23.1 Å². The predicted molar refractivity (Wildman–Crippen MR) is 85.1 cm³/mol. The number of fused-ring (bicyclic) bond motifs is 1. The number of nitrogen functional groups attached to an aromatic ring is 1. The van der Waals surface area contributed by atoms with Gasteiger partial charge < -0.3 is 5.73 Å². The molecular weight excluding hydrogens is 294 g/mol. The van der Waals surface area contributed by atoms with Crippen LogP contribution in [0.15, 0.2) is 28.7 Å². The molecule has 3 aromatic rings. The number of thioether (sulfide) groups is 1. The van der Waals surface area contributed by atoms with Gasteiger partial charge in [0.25, 0.3) is 0 Å². The van der Waals surface area contributed by atoms with Gasteiger partial charge in [-0.15, -0.1) is 22.7 Å². The number of aryl methyl sites for hydroxylation is 1.